The Bertz CT molecular complexity index is 681. The van der Waals surface area contributed by atoms with Crippen LogP contribution in [0.3, 0.4) is 0 Å². The van der Waals surface area contributed by atoms with Crippen molar-refractivity contribution in [1.29, 1.82) is 0 Å². The summed E-state index contributed by atoms with van der Waals surface area (Å²) in [6, 6.07) is 0.862. The smallest absolute Gasteiger partial charge is 0.449 e. The molecule has 0 spiro atoms. The number of carbonyl (C=O) groups is 1. The van der Waals surface area contributed by atoms with Gasteiger partial charge in [-0.3, -0.25) is 9.69 Å². The Labute approximate surface area is 127 Å². The molecule has 1 N–H and O–H groups in total. The molecule has 1 aliphatic rings. The normalized spacial score (nSPS) is 17.2. The third-order valence-electron chi connectivity index (χ3n) is 3.63. The lowest BCUT2D eigenvalue weighted by atomic mass is 10.1. The molecule has 2 aromatic rings. The van der Waals surface area contributed by atoms with Crippen LogP contribution in [0, 0.1) is 0 Å². The lowest BCUT2D eigenvalue weighted by Gasteiger charge is -2.33. The third kappa shape index (κ3) is 2.61. The highest BCUT2D eigenvalue weighted by Gasteiger charge is 2.39. The van der Waals surface area contributed by atoms with Gasteiger partial charge in [-0.15, -0.1) is 0 Å². The number of thiophene rings is 1. The zero-order valence-electron chi connectivity index (χ0n) is 11.2. The molecular formula is C13H12F3N3O2S. The number of alkyl halides is 3. The van der Waals surface area contributed by atoms with Crippen molar-refractivity contribution >= 4 is 17.3 Å². The number of hydrogen-bond acceptors (Lipinski definition) is 4. The predicted molar refractivity (Wildman–Crippen MR) is 72.3 cm³/mol. The molecule has 22 heavy (non-hydrogen) atoms. The van der Waals surface area contributed by atoms with Gasteiger partial charge in [0.05, 0.1) is 11.9 Å². The van der Waals surface area contributed by atoms with Crippen LogP contribution in [-0.2, 0) is 24.1 Å². The Morgan fingerprint density at radius 1 is 1.41 bits per heavy atom. The average molecular weight is 331 g/mol. The number of imidazole rings is 1. The number of carboxylic acids is 1. The van der Waals surface area contributed by atoms with Gasteiger partial charge in [-0.05, 0) is 22.4 Å². The fourth-order valence-electron chi connectivity index (χ4n) is 2.69. The quantitative estimate of drug-likeness (QED) is 0.939. The zero-order valence-corrected chi connectivity index (χ0v) is 12.1. The van der Waals surface area contributed by atoms with Crippen molar-refractivity contribution in [2.24, 2.45) is 0 Å². The second kappa shape index (κ2) is 5.40. The van der Waals surface area contributed by atoms with Crippen molar-refractivity contribution in [3.8, 4) is 0 Å². The van der Waals surface area contributed by atoms with Crippen LogP contribution in [-0.4, -0.2) is 32.1 Å². The zero-order chi connectivity index (χ0) is 15.9. The van der Waals surface area contributed by atoms with Gasteiger partial charge in [0.15, 0.2) is 0 Å². The lowest BCUT2D eigenvalue weighted by Crippen LogP contribution is -2.40. The minimum absolute atomic E-state index is 0.0676. The summed E-state index contributed by atoms with van der Waals surface area (Å²) in [5, 5.41) is 13.0. The van der Waals surface area contributed by atoms with E-state index < -0.39 is 24.0 Å². The van der Waals surface area contributed by atoms with Crippen LogP contribution in [0.1, 0.15) is 23.1 Å². The highest BCUT2D eigenvalue weighted by molar-refractivity contribution is 7.08. The first kappa shape index (κ1) is 15.0. The highest BCUT2D eigenvalue weighted by Crippen LogP contribution is 2.32. The molecule has 0 radical (unpaired) electrons. The van der Waals surface area contributed by atoms with Crippen LogP contribution in [0.4, 0.5) is 13.2 Å². The van der Waals surface area contributed by atoms with Crippen molar-refractivity contribution in [3.05, 3.63) is 40.1 Å². The maximum atomic E-state index is 12.8. The summed E-state index contributed by atoms with van der Waals surface area (Å²) in [5.41, 5.74) is 1.02. The second-order valence-electron chi connectivity index (χ2n) is 4.99. The van der Waals surface area contributed by atoms with Crippen LogP contribution in [0.25, 0.3) is 0 Å². The van der Waals surface area contributed by atoms with Gasteiger partial charge in [-0.2, -0.15) is 24.5 Å². The maximum absolute atomic E-state index is 12.8. The van der Waals surface area contributed by atoms with E-state index in [1.165, 1.54) is 17.5 Å². The fourth-order valence-corrected chi connectivity index (χ4v) is 3.37. The Balaban J connectivity index is 1.88. The Morgan fingerprint density at radius 2 is 2.18 bits per heavy atom. The maximum Gasteiger partial charge on any atom is 0.449 e. The molecule has 0 saturated carbocycles. The molecule has 0 bridgehead atoms. The first-order valence-corrected chi connectivity index (χ1v) is 7.43. The summed E-state index contributed by atoms with van der Waals surface area (Å²) < 4.78 is 39.6. The van der Waals surface area contributed by atoms with Crippen molar-refractivity contribution in [2.45, 2.75) is 25.3 Å². The monoisotopic (exact) mass is 331 g/mol. The third-order valence-corrected chi connectivity index (χ3v) is 4.33. The highest BCUT2D eigenvalue weighted by atomic mass is 32.1. The molecule has 1 atom stereocenters. The molecule has 0 amide bonds. The molecule has 3 rings (SSSR count). The number of carboxylic acid groups (broad SMARTS) is 1. The van der Waals surface area contributed by atoms with Crippen LogP contribution in [0.5, 0.6) is 0 Å². The number of fused-ring (bicyclic) bond motifs is 1. The van der Waals surface area contributed by atoms with Crippen LogP contribution in [0.2, 0.25) is 0 Å². The van der Waals surface area contributed by atoms with Crippen LogP contribution < -0.4 is 0 Å². The molecule has 3 heterocycles. The molecule has 118 valence electrons. The number of halogens is 3. The Morgan fingerprint density at radius 3 is 2.77 bits per heavy atom. The largest absolute Gasteiger partial charge is 0.480 e. The fraction of sp³-hybridized carbons (Fsp3) is 0.385. The first-order chi connectivity index (χ1) is 10.4. The van der Waals surface area contributed by atoms with Crippen molar-refractivity contribution in [2.75, 3.05) is 6.54 Å². The van der Waals surface area contributed by atoms with E-state index in [2.05, 4.69) is 4.98 Å². The van der Waals surface area contributed by atoms with E-state index in [-0.39, 0.29) is 19.6 Å². The van der Waals surface area contributed by atoms with E-state index in [9.17, 15) is 23.1 Å². The summed E-state index contributed by atoms with van der Waals surface area (Å²) in [6.07, 6.45) is -3.33. The van der Waals surface area contributed by atoms with E-state index in [0.29, 0.717) is 11.3 Å². The molecule has 1 unspecified atom stereocenters. The van der Waals surface area contributed by atoms with Gasteiger partial charge >= 0.3 is 12.1 Å². The van der Waals surface area contributed by atoms with Crippen LogP contribution in [0.15, 0.2) is 23.0 Å². The van der Waals surface area contributed by atoms with E-state index in [0.717, 1.165) is 4.57 Å². The molecule has 0 saturated heterocycles. The summed E-state index contributed by atoms with van der Waals surface area (Å²) >= 11 is 1.39. The van der Waals surface area contributed by atoms with Crippen molar-refractivity contribution in [1.82, 2.24) is 14.5 Å². The van der Waals surface area contributed by atoms with E-state index in [4.69, 9.17) is 0 Å². The molecule has 0 aromatic carbocycles. The van der Waals surface area contributed by atoms with Gasteiger partial charge < -0.3 is 9.67 Å². The standard InChI is InChI=1S/C13H12F3N3O2S/c14-13(15,16)12-17-5-9-6-18(2-3-19(9)12)10(11(20)21)8-1-4-22-7-8/h1,4-5,7,10H,2-3,6H2,(H,20,21). The molecule has 5 nitrogen and oxygen atoms in total. The van der Waals surface area contributed by atoms with Gasteiger partial charge in [0.25, 0.3) is 0 Å². The molecule has 2 aromatic heterocycles. The number of aliphatic carboxylic acids is 1. The van der Waals surface area contributed by atoms with Gasteiger partial charge in [0.2, 0.25) is 5.82 Å². The number of nitrogens with zero attached hydrogens (tertiary/aromatic N) is 3. The second-order valence-corrected chi connectivity index (χ2v) is 5.77. The molecular weight excluding hydrogens is 319 g/mol. The molecule has 1 aliphatic heterocycles. The summed E-state index contributed by atoms with van der Waals surface area (Å²) in [6.45, 7) is 0.410. The predicted octanol–water partition coefficient (Wildman–Crippen LogP) is 2.60. The van der Waals surface area contributed by atoms with Gasteiger partial charge in [-0.25, -0.2) is 4.98 Å². The number of rotatable bonds is 3. The van der Waals surface area contributed by atoms with Gasteiger partial charge in [0.1, 0.15) is 6.04 Å². The molecule has 0 fully saturated rings. The van der Waals surface area contributed by atoms with E-state index in [1.807, 2.05) is 0 Å². The lowest BCUT2D eigenvalue weighted by molar-refractivity contribution is -0.149. The Hall–Kier alpha value is -1.87. The minimum atomic E-state index is -4.50. The minimum Gasteiger partial charge on any atom is -0.480 e. The summed E-state index contributed by atoms with van der Waals surface area (Å²) in [4.78, 5) is 16.6. The summed E-state index contributed by atoms with van der Waals surface area (Å²) in [5.74, 6) is -1.94. The SMILES string of the molecule is O=C(O)C(c1ccsc1)N1CCn2c(cnc2C(F)(F)F)C1. The summed E-state index contributed by atoms with van der Waals surface area (Å²) in [7, 11) is 0. The Kier molecular flexibility index (Phi) is 3.69. The average Bonchev–Trinajstić information content (AvgIpc) is 3.05. The van der Waals surface area contributed by atoms with Crippen molar-refractivity contribution in [3.63, 3.8) is 0 Å². The van der Waals surface area contributed by atoms with Gasteiger partial charge in [-0.1, -0.05) is 0 Å². The van der Waals surface area contributed by atoms with Crippen LogP contribution >= 0.6 is 11.3 Å². The van der Waals surface area contributed by atoms with Crippen molar-refractivity contribution < 1.29 is 23.1 Å². The van der Waals surface area contributed by atoms with Gasteiger partial charge in [0, 0.05) is 19.6 Å². The molecule has 9 heteroatoms. The number of hydrogen-bond donors (Lipinski definition) is 1. The van der Waals surface area contributed by atoms with E-state index >= 15 is 0 Å². The number of aromatic nitrogens is 2. The molecule has 0 aliphatic carbocycles. The van der Waals surface area contributed by atoms with E-state index in [1.54, 1.807) is 21.7 Å². The topological polar surface area (TPSA) is 58.4 Å². The first-order valence-electron chi connectivity index (χ1n) is 6.48.